The van der Waals surface area contributed by atoms with Crippen molar-refractivity contribution in [3.63, 3.8) is 0 Å². The fraction of sp³-hybridized carbons (Fsp3) is 0.684. The fourth-order valence-electron chi connectivity index (χ4n) is 4.12. The summed E-state index contributed by atoms with van der Waals surface area (Å²) in [5.41, 5.74) is 3.06. The molecule has 1 N–H and O–H groups in total. The van der Waals surface area contributed by atoms with Crippen LogP contribution in [0, 0.1) is 12.8 Å². The molecule has 2 fully saturated rings. The average Bonchev–Trinajstić information content (AvgIpc) is 2.44. The van der Waals surface area contributed by atoms with Crippen molar-refractivity contribution < 1.29 is 0 Å². The molecule has 0 amide bonds. The van der Waals surface area contributed by atoms with E-state index < -0.39 is 0 Å². The first kappa shape index (κ1) is 14.1. The van der Waals surface area contributed by atoms with E-state index in [1.165, 1.54) is 50.5 Å². The van der Waals surface area contributed by atoms with Crippen molar-refractivity contribution >= 4 is 0 Å². The molecule has 2 saturated carbocycles. The number of hydrogen-bond donors (Lipinski definition) is 1. The first-order chi connectivity index (χ1) is 9.76. The Balaban J connectivity index is 1.44. The molecule has 1 heteroatoms. The molecule has 2 aliphatic rings. The summed E-state index contributed by atoms with van der Waals surface area (Å²) in [5.74, 6) is 1.81. The lowest BCUT2D eigenvalue weighted by atomic mass is 9.73. The van der Waals surface area contributed by atoms with Gasteiger partial charge in [0, 0.05) is 12.1 Å². The van der Waals surface area contributed by atoms with Crippen LogP contribution in [0.2, 0.25) is 0 Å². The summed E-state index contributed by atoms with van der Waals surface area (Å²) >= 11 is 0. The molecular formula is C19H29N. The minimum absolute atomic E-state index is 0.780. The Morgan fingerprint density at radius 1 is 1.00 bits per heavy atom. The van der Waals surface area contributed by atoms with E-state index in [4.69, 9.17) is 0 Å². The van der Waals surface area contributed by atoms with Gasteiger partial charge in [0.1, 0.15) is 0 Å². The fourth-order valence-corrected chi connectivity index (χ4v) is 4.12. The van der Waals surface area contributed by atoms with Crippen LogP contribution >= 0.6 is 0 Å². The topological polar surface area (TPSA) is 12.0 Å². The summed E-state index contributed by atoms with van der Waals surface area (Å²) in [6.07, 6.45) is 9.78. The van der Waals surface area contributed by atoms with Crippen LogP contribution in [0.3, 0.4) is 0 Å². The molecule has 2 aliphatic carbocycles. The zero-order valence-corrected chi connectivity index (χ0v) is 13.1. The highest BCUT2D eigenvalue weighted by Crippen LogP contribution is 2.39. The van der Waals surface area contributed by atoms with Crippen molar-refractivity contribution in [1.29, 1.82) is 0 Å². The Bertz CT molecular complexity index is 425. The molecule has 110 valence electrons. The summed E-state index contributed by atoms with van der Waals surface area (Å²) in [6, 6.07) is 10.5. The Kier molecular flexibility index (Phi) is 4.45. The van der Waals surface area contributed by atoms with Crippen molar-refractivity contribution in [2.24, 2.45) is 5.92 Å². The van der Waals surface area contributed by atoms with Gasteiger partial charge in [-0.05, 0) is 68.4 Å². The lowest BCUT2D eigenvalue weighted by Gasteiger charge is -2.41. The van der Waals surface area contributed by atoms with Gasteiger partial charge in [0.25, 0.3) is 0 Å². The molecule has 0 spiro atoms. The number of benzene rings is 1. The molecule has 0 unspecified atom stereocenters. The molecule has 0 radical (unpaired) electrons. The standard InChI is InChI=1S/C19H29N/c1-3-15-8-10-17(11-9-15)20-18-12-16(13-18)19-7-5-4-6-14(19)2/h4-7,15-18,20H,3,8-13H2,1-2H3. The number of aryl methyl sites for hydroxylation is 1. The van der Waals surface area contributed by atoms with Gasteiger partial charge in [-0.2, -0.15) is 0 Å². The van der Waals surface area contributed by atoms with Gasteiger partial charge in [-0.25, -0.2) is 0 Å². The molecule has 20 heavy (non-hydrogen) atoms. The third-order valence-electron chi connectivity index (χ3n) is 5.66. The van der Waals surface area contributed by atoms with Crippen molar-refractivity contribution in [2.75, 3.05) is 0 Å². The molecular weight excluding hydrogens is 242 g/mol. The third kappa shape index (κ3) is 3.09. The van der Waals surface area contributed by atoms with E-state index in [2.05, 4.69) is 43.4 Å². The molecule has 1 aromatic rings. The number of rotatable bonds is 4. The lowest BCUT2D eigenvalue weighted by molar-refractivity contribution is 0.214. The Labute approximate surface area is 124 Å². The highest BCUT2D eigenvalue weighted by molar-refractivity contribution is 5.31. The number of nitrogens with one attached hydrogen (secondary N) is 1. The van der Waals surface area contributed by atoms with Crippen LogP contribution < -0.4 is 5.32 Å². The first-order valence-corrected chi connectivity index (χ1v) is 8.57. The number of hydrogen-bond acceptors (Lipinski definition) is 1. The molecule has 1 aromatic carbocycles. The van der Waals surface area contributed by atoms with E-state index in [0.29, 0.717) is 0 Å². The van der Waals surface area contributed by atoms with Gasteiger partial charge >= 0.3 is 0 Å². The van der Waals surface area contributed by atoms with Crippen LogP contribution in [0.4, 0.5) is 0 Å². The van der Waals surface area contributed by atoms with Crippen LogP contribution in [0.25, 0.3) is 0 Å². The maximum Gasteiger partial charge on any atom is 0.00813 e. The van der Waals surface area contributed by atoms with Crippen molar-refractivity contribution in [1.82, 2.24) is 5.32 Å². The van der Waals surface area contributed by atoms with E-state index in [0.717, 1.165) is 23.9 Å². The van der Waals surface area contributed by atoms with Gasteiger partial charge in [-0.1, -0.05) is 37.6 Å². The van der Waals surface area contributed by atoms with Crippen LogP contribution in [-0.4, -0.2) is 12.1 Å². The minimum Gasteiger partial charge on any atom is -0.311 e. The second kappa shape index (κ2) is 6.30. The van der Waals surface area contributed by atoms with Gasteiger partial charge in [0.2, 0.25) is 0 Å². The van der Waals surface area contributed by atoms with E-state index in [-0.39, 0.29) is 0 Å². The normalized spacial score (nSPS) is 33.7. The maximum atomic E-state index is 3.92. The molecule has 0 bridgehead atoms. The van der Waals surface area contributed by atoms with Crippen molar-refractivity contribution in [3.05, 3.63) is 35.4 Å². The second-order valence-electron chi connectivity index (χ2n) is 7.01. The Morgan fingerprint density at radius 3 is 2.35 bits per heavy atom. The van der Waals surface area contributed by atoms with Gasteiger partial charge in [0.15, 0.2) is 0 Å². The summed E-state index contributed by atoms with van der Waals surface area (Å²) in [7, 11) is 0. The molecule has 0 heterocycles. The highest BCUT2D eigenvalue weighted by atomic mass is 15.0. The van der Waals surface area contributed by atoms with Crippen LogP contribution in [0.15, 0.2) is 24.3 Å². The van der Waals surface area contributed by atoms with Gasteiger partial charge in [-0.3, -0.25) is 0 Å². The molecule has 0 aromatic heterocycles. The maximum absolute atomic E-state index is 3.92. The van der Waals surface area contributed by atoms with Crippen molar-refractivity contribution in [3.8, 4) is 0 Å². The molecule has 0 atom stereocenters. The largest absolute Gasteiger partial charge is 0.311 e. The highest BCUT2D eigenvalue weighted by Gasteiger charge is 2.33. The summed E-state index contributed by atoms with van der Waals surface area (Å²) in [5, 5.41) is 3.92. The average molecular weight is 271 g/mol. The molecule has 0 saturated heterocycles. The van der Waals surface area contributed by atoms with E-state index in [9.17, 15) is 0 Å². The summed E-state index contributed by atoms with van der Waals surface area (Å²) < 4.78 is 0. The minimum atomic E-state index is 0.780. The van der Waals surface area contributed by atoms with E-state index in [1.807, 2.05) is 0 Å². The molecule has 3 rings (SSSR count). The third-order valence-corrected chi connectivity index (χ3v) is 5.66. The predicted octanol–water partition coefficient (Wildman–Crippen LogP) is 4.80. The zero-order valence-electron chi connectivity index (χ0n) is 13.1. The predicted molar refractivity (Wildman–Crippen MR) is 86.1 cm³/mol. The van der Waals surface area contributed by atoms with Gasteiger partial charge in [-0.15, -0.1) is 0 Å². The lowest BCUT2D eigenvalue weighted by Crippen LogP contribution is -2.46. The van der Waals surface area contributed by atoms with Crippen LogP contribution in [0.5, 0.6) is 0 Å². The van der Waals surface area contributed by atoms with E-state index >= 15 is 0 Å². The zero-order chi connectivity index (χ0) is 13.9. The van der Waals surface area contributed by atoms with Crippen LogP contribution in [0.1, 0.15) is 68.9 Å². The first-order valence-electron chi connectivity index (χ1n) is 8.57. The summed E-state index contributed by atoms with van der Waals surface area (Å²) in [4.78, 5) is 0. The smallest absolute Gasteiger partial charge is 0.00813 e. The Hall–Kier alpha value is -0.820. The van der Waals surface area contributed by atoms with Crippen LogP contribution in [-0.2, 0) is 0 Å². The molecule has 0 aliphatic heterocycles. The quantitative estimate of drug-likeness (QED) is 0.829. The molecule has 1 nitrogen and oxygen atoms in total. The van der Waals surface area contributed by atoms with Crippen molar-refractivity contribution in [2.45, 2.75) is 76.8 Å². The summed E-state index contributed by atoms with van der Waals surface area (Å²) in [6.45, 7) is 4.60. The SMILES string of the molecule is CCC1CCC(NC2CC(c3ccccc3C)C2)CC1. The second-order valence-corrected chi connectivity index (χ2v) is 7.01. The van der Waals surface area contributed by atoms with Gasteiger partial charge < -0.3 is 5.32 Å². The van der Waals surface area contributed by atoms with Gasteiger partial charge in [0.05, 0.1) is 0 Å². The Morgan fingerprint density at radius 2 is 1.70 bits per heavy atom. The van der Waals surface area contributed by atoms with E-state index in [1.54, 1.807) is 5.56 Å². The monoisotopic (exact) mass is 271 g/mol.